The summed E-state index contributed by atoms with van der Waals surface area (Å²) in [6, 6.07) is 18.2. The third kappa shape index (κ3) is 3.01. The van der Waals surface area contributed by atoms with Crippen LogP contribution in [0.5, 0.6) is 11.6 Å². The zero-order valence-corrected chi connectivity index (χ0v) is 13.6. The number of para-hydroxylation sites is 1. The quantitative estimate of drug-likeness (QED) is 0.551. The largest absolute Gasteiger partial charge is 0.437 e. The molecule has 2 aromatic heterocycles. The molecule has 0 radical (unpaired) electrons. The molecule has 2 aromatic carbocycles. The minimum atomic E-state index is 0.404. The molecular weight excluding hydrogens is 326 g/mol. The van der Waals surface area contributed by atoms with E-state index in [1.54, 1.807) is 24.3 Å². The van der Waals surface area contributed by atoms with Crippen LogP contribution in [0.25, 0.3) is 27.0 Å². The molecule has 0 unspecified atom stereocenters. The molecule has 4 aromatic rings. The highest BCUT2D eigenvalue weighted by Crippen LogP contribution is 2.30. The van der Waals surface area contributed by atoms with Gasteiger partial charge in [-0.25, -0.2) is 19.8 Å². The molecule has 0 saturated carbocycles. The molecule has 0 amide bonds. The number of rotatable bonds is 3. The van der Waals surface area contributed by atoms with Crippen LogP contribution in [0.2, 0.25) is 0 Å². The minimum absolute atomic E-state index is 0.404. The number of hydrogen-bond acceptors (Lipinski definition) is 5. The lowest BCUT2D eigenvalue weighted by atomic mass is 10.1. The first-order chi connectivity index (χ1) is 12.7. The van der Waals surface area contributed by atoms with Crippen molar-refractivity contribution in [3.8, 4) is 22.9 Å². The molecule has 0 aliphatic rings. The first kappa shape index (κ1) is 15.5. The smallest absolute Gasteiger partial charge is 0.222 e. The molecule has 0 fully saturated rings. The Hall–Kier alpha value is -3.98. The Balaban J connectivity index is 1.69. The van der Waals surface area contributed by atoms with E-state index in [1.807, 2.05) is 36.4 Å². The monoisotopic (exact) mass is 339 g/mol. The van der Waals surface area contributed by atoms with Crippen LogP contribution in [0.3, 0.4) is 0 Å². The van der Waals surface area contributed by atoms with Crippen LogP contribution in [0, 0.1) is 6.57 Å². The van der Waals surface area contributed by atoms with E-state index >= 15 is 0 Å². The summed E-state index contributed by atoms with van der Waals surface area (Å²) in [6.45, 7) is 7.02. The van der Waals surface area contributed by atoms with Crippen LogP contribution < -0.4 is 10.5 Å². The summed E-state index contributed by atoms with van der Waals surface area (Å²) in [7, 11) is 0. The first-order valence-electron chi connectivity index (χ1n) is 7.86. The topological polar surface area (TPSA) is 78.3 Å². The molecule has 124 valence electrons. The summed E-state index contributed by atoms with van der Waals surface area (Å²) in [6.07, 6.45) is 1.44. The number of nitrogens with zero attached hydrogens (tertiary/aromatic N) is 4. The van der Waals surface area contributed by atoms with Crippen LogP contribution in [0.1, 0.15) is 0 Å². The number of pyridine rings is 1. The van der Waals surface area contributed by atoms with Crippen LogP contribution in [0.15, 0.2) is 67.0 Å². The minimum Gasteiger partial charge on any atom is -0.437 e. The highest BCUT2D eigenvalue weighted by molar-refractivity contribution is 5.85. The third-order valence-corrected chi connectivity index (χ3v) is 3.85. The van der Waals surface area contributed by atoms with Crippen molar-refractivity contribution in [3.05, 3.63) is 78.4 Å². The van der Waals surface area contributed by atoms with Crippen molar-refractivity contribution in [1.29, 1.82) is 0 Å². The summed E-state index contributed by atoms with van der Waals surface area (Å²) in [5.74, 6) is 1.40. The van der Waals surface area contributed by atoms with Crippen LogP contribution in [-0.2, 0) is 0 Å². The van der Waals surface area contributed by atoms with E-state index in [9.17, 15) is 0 Å². The summed E-state index contributed by atoms with van der Waals surface area (Å²) < 4.78 is 5.94. The van der Waals surface area contributed by atoms with Crippen molar-refractivity contribution in [3.63, 3.8) is 0 Å². The second-order valence-corrected chi connectivity index (χ2v) is 5.57. The maximum Gasteiger partial charge on any atom is 0.222 e. The summed E-state index contributed by atoms with van der Waals surface area (Å²) in [5.41, 5.74) is 8.64. The van der Waals surface area contributed by atoms with Crippen molar-refractivity contribution in [2.45, 2.75) is 0 Å². The molecule has 0 bridgehead atoms. The molecule has 6 nitrogen and oxygen atoms in total. The lowest BCUT2D eigenvalue weighted by Gasteiger charge is -2.09. The summed E-state index contributed by atoms with van der Waals surface area (Å²) in [4.78, 5) is 16.2. The maximum absolute atomic E-state index is 7.02. The molecule has 6 heteroatoms. The van der Waals surface area contributed by atoms with Gasteiger partial charge in [-0.05, 0) is 23.8 Å². The zero-order chi connectivity index (χ0) is 17.9. The average molecular weight is 339 g/mol. The Kier molecular flexibility index (Phi) is 3.88. The summed E-state index contributed by atoms with van der Waals surface area (Å²) >= 11 is 0. The van der Waals surface area contributed by atoms with Gasteiger partial charge in [0.25, 0.3) is 0 Å². The lowest BCUT2D eigenvalue weighted by molar-refractivity contribution is 0.466. The van der Waals surface area contributed by atoms with Crippen molar-refractivity contribution >= 4 is 22.4 Å². The number of hydrogen-bond donors (Lipinski definition) is 1. The van der Waals surface area contributed by atoms with Gasteiger partial charge in [0.1, 0.15) is 17.7 Å². The second kappa shape index (κ2) is 6.49. The van der Waals surface area contributed by atoms with Crippen LogP contribution in [0.4, 0.5) is 11.5 Å². The fourth-order valence-electron chi connectivity index (χ4n) is 2.59. The highest BCUT2D eigenvalue weighted by Gasteiger charge is 2.08. The van der Waals surface area contributed by atoms with Gasteiger partial charge in [-0.1, -0.05) is 36.4 Å². The van der Waals surface area contributed by atoms with Gasteiger partial charge in [-0.15, -0.1) is 0 Å². The number of ether oxygens (including phenoxy) is 1. The highest BCUT2D eigenvalue weighted by atomic mass is 16.5. The Morgan fingerprint density at radius 3 is 2.62 bits per heavy atom. The zero-order valence-electron chi connectivity index (χ0n) is 13.6. The molecule has 26 heavy (non-hydrogen) atoms. The normalized spacial score (nSPS) is 10.4. The van der Waals surface area contributed by atoms with Gasteiger partial charge in [-0.3, -0.25) is 0 Å². The number of fused-ring (bicyclic) bond motifs is 1. The van der Waals surface area contributed by atoms with E-state index in [1.165, 1.54) is 6.33 Å². The van der Waals surface area contributed by atoms with E-state index in [0.29, 0.717) is 34.3 Å². The molecular formula is C20H13N5O. The molecule has 0 atom stereocenters. The Morgan fingerprint density at radius 2 is 1.81 bits per heavy atom. The summed E-state index contributed by atoms with van der Waals surface area (Å²) in [5, 5.41) is 0.931. The van der Waals surface area contributed by atoms with Crippen molar-refractivity contribution < 1.29 is 4.74 Å². The fraction of sp³-hybridized carbons (Fsp3) is 0. The van der Waals surface area contributed by atoms with Gasteiger partial charge in [-0.2, -0.15) is 0 Å². The van der Waals surface area contributed by atoms with E-state index in [0.717, 1.165) is 10.9 Å². The van der Waals surface area contributed by atoms with Gasteiger partial charge in [0.15, 0.2) is 11.4 Å². The van der Waals surface area contributed by atoms with Crippen molar-refractivity contribution in [1.82, 2.24) is 15.0 Å². The molecule has 2 N–H and O–H groups in total. The molecule has 0 aliphatic carbocycles. The Bertz CT molecular complexity index is 1130. The molecule has 0 spiro atoms. The van der Waals surface area contributed by atoms with Gasteiger partial charge >= 0.3 is 0 Å². The molecule has 4 rings (SSSR count). The van der Waals surface area contributed by atoms with E-state index in [-0.39, 0.29) is 0 Å². The second-order valence-electron chi connectivity index (χ2n) is 5.57. The number of nitrogens with two attached hydrogens (primary N) is 1. The van der Waals surface area contributed by atoms with E-state index in [4.69, 9.17) is 17.0 Å². The average Bonchev–Trinajstić information content (AvgIpc) is 2.69. The van der Waals surface area contributed by atoms with Crippen molar-refractivity contribution in [2.75, 3.05) is 5.73 Å². The van der Waals surface area contributed by atoms with Gasteiger partial charge < -0.3 is 10.5 Å². The first-order valence-corrected chi connectivity index (χ1v) is 7.86. The molecule has 0 saturated heterocycles. The Labute approximate surface area is 149 Å². The fourth-order valence-corrected chi connectivity index (χ4v) is 2.59. The van der Waals surface area contributed by atoms with Crippen LogP contribution >= 0.6 is 0 Å². The number of anilines is 1. The van der Waals surface area contributed by atoms with Gasteiger partial charge in [0.2, 0.25) is 5.88 Å². The third-order valence-electron chi connectivity index (χ3n) is 3.85. The van der Waals surface area contributed by atoms with Gasteiger partial charge in [0.05, 0.1) is 12.3 Å². The molecule has 2 heterocycles. The maximum atomic E-state index is 7.02. The standard InChI is InChI=1S/C20H13N5O/c1-22-15-8-5-13(6-9-15)16-11-19(24-12-23-16)26-17-4-2-3-14-7-10-18(21)25-20(14)17/h2-12H,(H2,21,25). The lowest BCUT2D eigenvalue weighted by Crippen LogP contribution is -1.95. The van der Waals surface area contributed by atoms with E-state index in [2.05, 4.69) is 19.8 Å². The van der Waals surface area contributed by atoms with Crippen LogP contribution in [-0.4, -0.2) is 15.0 Å². The molecule has 0 aliphatic heterocycles. The predicted octanol–water partition coefficient (Wildman–Crippen LogP) is 4.62. The SMILES string of the molecule is [C-]#[N+]c1ccc(-c2cc(Oc3cccc4ccc(N)nc34)ncn2)cc1. The number of aromatic nitrogens is 3. The number of nitrogen functional groups attached to an aromatic ring is 1. The van der Waals surface area contributed by atoms with Crippen molar-refractivity contribution in [2.24, 2.45) is 0 Å². The van der Waals surface area contributed by atoms with E-state index < -0.39 is 0 Å². The predicted molar refractivity (Wildman–Crippen MR) is 100.0 cm³/mol. The van der Waals surface area contributed by atoms with Gasteiger partial charge in [0, 0.05) is 11.5 Å². The number of benzene rings is 2. The Morgan fingerprint density at radius 1 is 0.962 bits per heavy atom.